The molecule has 7 rings (SSSR count). The maximum atomic E-state index is 14.6. The van der Waals surface area contributed by atoms with Crippen LogP contribution in [0.5, 0.6) is 28.7 Å². The summed E-state index contributed by atoms with van der Waals surface area (Å²) < 4.78 is 30.4. The Labute approximate surface area is 345 Å². The Morgan fingerprint density at radius 1 is 0.831 bits per heavy atom. The normalized spacial score (nSPS) is 17.2. The summed E-state index contributed by atoms with van der Waals surface area (Å²) >= 11 is 0. The van der Waals surface area contributed by atoms with E-state index in [1.807, 2.05) is 71.0 Å². The molecule has 4 heterocycles. The largest absolute Gasteiger partial charge is 0.496 e. The van der Waals surface area contributed by atoms with Crippen LogP contribution in [0.2, 0.25) is 0 Å². The van der Waals surface area contributed by atoms with Crippen LogP contribution in [0.3, 0.4) is 0 Å². The zero-order valence-corrected chi connectivity index (χ0v) is 34.8. The second kappa shape index (κ2) is 17.9. The van der Waals surface area contributed by atoms with Gasteiger partial charge in [0.15, 0.2) is 28.8 Å². The number of aromatic nitrogens is 3. The minimum atomic E-state index is -0.556. The second-order valence-electron chi connectivity index (χ2n) is 15.3. The van der Waals surface area contributed by atoms with Crippen LogP contribution in [0.25, 0.3) is 11.0 Å². The summed E-state index contributed by atoms with van der Waals surface area (Å²) in [6.07, 6.45) is 5.19. The van der Waals surface area contributed by atoms with Crippen molar-refractivity contribution in [2.24, 2.45) is 5.92 Å². The highest BCUT2D eigenvalue weighted by atomic mass is 16.6. The van der Waals surface area contributed by atoms with Gasteiger partial charge in [-0.25, -0.2) is 4.98 Å². The maximum absolute atomic E-state index is 14.6. The number of methoxy groups -OCH3 is 4. The van der Waals surface area contributed by atoms with Gasteiger partial charge in [-0.05, 0) is 99.8 Å². The number of ether oxygens (including phenoxy) is 5. The molecule has 0 saturated carbocycles. The fourth-order valence-corrected chi connectivity index (χ4v) is 8.81. The van der Waals surface area contributed by atoms with Gasteiger partial charge in [-0.1, -0.05) is 31.2 Å². The lowest BCUT2D eigenvalue weighted by Crippen LogP contribution is -2.41. The highest BCUT2D eigenvalue weighted by Crippen LogP contribution is 2.45. The Morgan fingerprint density at radius 2 is 1.58 bits per heavy atom. The fourth-order valence-electron chi connectivity index (χ4n) is 8.81. The molecule has 2 aliphatic heterocycles. The standard InChI is InChI=1S/C46H53N5O8/c1-7-34-39(56-4)27-35(43(42(34)58-6)59-30(2)52)45(54)50-25-20-46(29-50,32-15-16-38(55-3)40(26-32)57-5)19-24-49-22-17-31(18-23-49)41(53)44-48-36-13-8-9-14-37(36)51(44)28-33-12-10-11-21-47-33/h8-16,21,26-27,31H,7,17-20,22-25,28-29H2,1-6H3. The number of Topliss-reactive ketones (excluding diaryl/α,β-unsaturated/α-hetero) is 1. The number of carbonyl (C=O) groups is 3. The lowest BCUT2D eigenvalue weighted by atomic mass is 9.76. The number of pyridine rings is 1. The monoisotopic (exact) mass is 803 g/mol. The Balaban J connectivity index is 1.11. The van der Waals surface area contributed by atoms with Crippen molar-refractivity contribution < 1.29 is 38.1 Å². The summed E-state index contributed by atoms with van der Waals surface area (Å²) in [4.78, 5) is 54.7. The molecule has 1 amide bonds. The van der Waals surface area contributed by atoms with Crippen molar-refractivity contribution in [1.82, 2.24) is 24.3 Å². The average molecular weight is 804 g/mol. The SMILES string of the molecule is CCc1c(OC)cc(C(=O)N2CCC(CCN3CCC(C(=O)c4nc5ccccc5n4Cc4ccccn4)CC3)(c3ccc(OC)c(OC)c3)C2)c(OC(C)=O)c1OC. The van der Waals surface area contributed by atoms with Crippen LogP contribution >= 0.6 is 0 Å². The summed E-state index contributed by atoms with van der Waals surface area (Å²) in [5.41, 5.74) is 4.10. The number of esters is 1. The number of carbonyl (C=O) groups excluding carboxylic acids is 3. The molecule has 1 atom stereocenters. The van der Waals surface area contributed by atoms with E-state index in [0.717, 1.165) is 61.2 Å². The van der Waals surface area contributed by atoms with E-state index in [9.17, 15) is 14.4 Å². The molecule has 0 aliphatic carbocycles. The first kappa shape index (κ1) is 41.2. The average Bonchev–Trinajstić information content (AvgIpc) is 3.87. The third-order valence-corrected chi connectivity index (χ3v) is 12.0. The molecule has 59 heavy (non-hydrogen) atoms. The smallest absolute Gasteiger partial charge is 0.308 e. The van der Waals surface area contributed by atoms with Gasteiger partial charge >= 0.3 is 5.97 Å². The molecular formula is C46H53N5O8. The van der Waals surface area contributed by atoms with E-state index in [0.29, 0.717) is 66.9 Å². The van der Waals surface area contributed by atoms with Crippen molar-refractivity contribution >= 4 is 28.7 Å². The first-order valence-corrected chi connectivity index (χ1v) is 20.2. The molecule has 2 aromatic heterocycles. The number of ketones is 1. The van der Waals surface area contributed by atoms with E-state index in [2.05, 4.69) is 16.0 Å². The molecule has 0 radical (unpaired) electrons. The fraction of sp³-hybridized carbons (Fsp3) is 0.413. The van der Waals surface area contributed by atoms with E-state index in [1.54, 1.807) is 33.6 Å². The Morgan fingerprint density at radius 3 is 2.25 bits per heavy atom. The third-order valence-electron chi connectivity index (χ3n) is 12.0. The van der Waals surface area contributed by atoms with Crippen LogP contribution in [0, 0.1) is 5.92 Å². The Hall–Kier alpha value is -5.95. The number of imidazole rings is 1. The predicted molar refractivity (Wildman–Crippen MR) is 223 cm³/mol. The van der Waals surface area contributed by atoms with Crippen LogP contribution in [-0.4, -0.2) is 103 Å². The number of rotatable bonds is 15. The van der Waals surface area contributed by atoms with Crippen LogP contribution in [0.4, 0.5) is 0 Å². The number of piperidine rings is 1. The van der Waals surface area contributed by atoms with Crippen LogP contribution in [0.15, 0.2) is 72.9 Å². The molecule has 0 spiro atoms. The molecule has 2 aliphatic rings. The quantitative estimate of drug-likeness (QED) is 0.0631. The van der Waals surface area contributed by atoms with Gasteiger partial charge in [0.25, 0.3) is 5.91 Å². The van der Waals surface area contributed by atoms with Crippen molar-refractivity contribution in [1.29, 1.82) is 0 Å². The van der Waals surface area contributed by atoms with Crippen molar-refractivity contribution in [3.63, 3.8) is 0 Å². The summed E-state index contributed by atoms with van der Waals surface area (Å²) in [7, 11) is 6.27. The zero-order valence-electron chi connectivity index (χ0n) is 34.8. The lowest BCUT2D eigenvalue weighted by molar-refractivity contribution is -0.132. The summed E-state index contributed by atoms with van der Waals surface area (Å²) in [6.45, 7) is 6.90. The molecule has 2 saturated heterocycles. The molecule has 3 aromatic carbocycles. The van der Waals surface area contributed by atoms with Crippen molar-refractivity contribution in [3.05, 3.63) is 101 Å². The third kappa shape index (κ3) is 8.34. The summed E-state index contributed by atoms with van der Waals surface area (Å²) in [6, 6.07) is 21.3. The highest BCUT2D eigenvalue weighted by Gasteiger charge is 2.43. The Kier molecular flexibility index (Phi) is 12.5. The number of amides is 1. The number of nitrogens with zero attached hydrogens (tertiary/aromatic N) is 5. The van der Waals surface area contributed by atoms with Gasteiger partial charge in [-0.15, -0.1) is 0 Å². The number of hydrogen-bond acceptors (Lipinski definition) is 11. The van der Waals surface area contributed by atoms with Crippen molar-refractivity contribution in [3.8, 4) is 28.7 Å². The van der Waals surface area contributed by atoms with Crippen LogP contribution < -0.4 is 23.7 Å². The maximum Gasteiger partial charge on any atom is 0.308 e. The molecular weight excluding hydrogens is 751 g/mol. The van der Waals surface area contributed by atoms with E-state index < -0.39 is 11.4 Å². The van der Waals surface area contributed by atoms with Crippen molar-refractivity contribution in [2.45, 2.75) is 57.9 Å². The molecule has 13 heteroatoms. The summed E-state index contributed by atoms with van der Waals surface area (Å²) in [5.74, 6) is 1.69. The number of para-hydroxylation sites is 2. The van der Waals surface area contributed by atoms with Gasteiger partial charge in [0.1, 0.15) is 5.75 Å². The minimum Gasteiger partial charge on any atom is -0.496 e. The second-order valence-corrected chi connectivity index (χ2v) is 15.3. The first-order chi connectivity index (χ1) is 28.6. The van der Waals surface area contributed by atoms with Crippen LogP contribution in [-0.2, 0) is 23.2 Å². The van der Waals surface area contributed by atoms with Gasteiger partial charge in [0.2, 0.25) is 5.78 Å². The van der Waals surface area contributed by atoms with Gasteiger partial charge in [0, 0.05) is 43.1 Å². The highest BCUT2D eigenvalue weighted by molar-refractivity contribution is 6.00. The van der Waals surface area contributed by atoms with Crippen molar-refractivity contribution in [2.75, 3.05) is 61.2 Å². The lowest BCUT2D eigenvalue weighted by Gasteiger charge is -2.36. The van der Waals surface area contributed by atoms with Gasteiger partial charge < -0.3 is 38.1 Å². The first-order valence-electron chi connectivity index (χ1n) is 20.2. The van der Waals surface area contributed by atoms with E-state index in [4.69, 9.17) is 28.7 Å². The molecule has 5 aromatic rings. The molecule has 2 fully saturated rings. The van der Waals surface area contributed by atoms with E-state index in [-0.39, 0.29) is 28.9 Å². The zero-order chi connectivity index (χ0) is 41.7. The number of benzene rings is 3. The van der Waals surface area contributed by atoms with Crippen LogP contribution in [0.1, 0.15) is 77.3 Å². The molecule has 13 nitrogen and oxygen atoms in total. The molecule has 0 bridgehead atoms. The minimum absolute atomic E-state index is 0.0666. The topological polar surface area (TPSA) is 135 Å². The molecule has 1 unspecified atom stereocenters. The van der Waals surface area contributed by atoms with Gasteiger partial charge in [-0.3, -0.25) is 19.4 Å². The summed E-state index contributed by atoms with van der Waals surface area (Å²) in [5, 5.41) is 0. The number of hydrogen-bond donors (Lipinski definition) is 0. The van der Waals surface area contributed by atoms with Gasteiger partial charge in [0.05, 0.1) is 57.3 Å². The predicted octanol–water partition coefficient (Wildman–Crippen LogP) is 6.77. The van der Waals surface area contributed by atoms with Gasteiger partial charge in [-0.2, -0.15) is 0 Å². The number of likely N-dealkylation sites (tertiary alicyclic amines) is 2. The Bertz CT molecular complexity index is 2320. The molecule has 310 valence electrons. The molecule has 0 N–H and O–H groups in total. The number of fused-ring (bicyclic) bond motifs is 1. The van der Waals surface area contributed by atoms with E-state index in [1.165, 1.54) is 14.0 Å². The van der Waals surface area contributed by atoms with E-state index >= 15 is 0 Å².